The van der Waals surface area contributed by atoms with E-state index in [1.807, 2.05) is 42.2 Å². The fourth-order valence-electron chi connectivity index (χ4n) is 2.07. The lowest BCUT2D eigenvalue weighted by Gasteiger charge is -2.29. The number of benzene rings is 1. The maximum atomic E-state index is 12.3. The highest BCUT2D eigenvalue weighted by molar-refractivity contribution is 5.82. The summed E-state index contributed by atoms with van der Waals surface area (Å²) in [5.74, 6) is 0.0516. The van der Waals surface area contributed by atoms with Gasteiger partial charge >= 0.3 is 0 Å². The van der Waals surface area contributed by atoms with E-state index in [0.717, 1.165) is 18.5 Å². The topological polar surface area (TPSA) is 46.3 Å². The third kappa shape index (κ3) is 3.84. The number of hydrogen-bond acceptors (Lipinski definition) is 2. The molecule has 3 heteroatoms. The van der Waals surface area contributed by atoms with Crippen LogP contribution in [0.2, 0.25) is 0 Å². The predicted molar refractivity (Wildman–Crippen MR) is 75.3 cm³/mol. The van der Waals surface area contributed by atoms with Crippen molar-refractivity contribution >= 4 is 5.91 Å². The minimum atomic E-state index is -0.443. The summed E-state index contributed by atoms with van der Waals surface area (Å²) in [6.07, 6.45) is 1.56. The largest absolute Gasteiger partial charge is 0.339 e. The molecule has 1 rings (SSSR count). The van der Waals surface area contributed by atoms with Crippen molar-refractivity contribution in [2.24, 2.45) is 5.73 Å². The van der Waals surface area contributed by atoms with Crippen molar-refractivity contribution in [2.75, 3.05) is 6.54 Å². The predicted octanol–water partition coefficient (Wildman–Crippen LogP) is 2.20. The van der Waals surface area contributed by atoms with Crippen molar-refractivity contribution in [3.8, 4) is 0 Å². The molecular formula is C15H24N2O. The normalized spacial score (nSPS) is 14.0. The lowest BCUT2D eigenvalue weighted by atomic mass is 10.0. The van der Waals surface area contributed by atoms with Gasteiger partial charge in [-0.05, 0) is 32.3 Å². The first-order chi connectivity index (χ1) is 8.60. The molecule has 0 saturated carbocycles. The summed E-state index contributed by atoms with van der Waals surface area (Å²) in [5, 5.41) is 0. The molecule has 0 aliphatic heterocycles. The molecule has 1 unspecified atom stereocenters. The first-order valence-corrected chi connectivity index (χ1v) is 6.70. The van der Waals surface area contributed by atoms with Crippen molar-refractivity contribution in [1.82, 2.24) is 4.90 Å². The molecule has 0 radical (unpaired) electrons. The van der Waals surface area contributed by atoms with Gasteiger partial charge in [0.25, 0.3) is 0 Å². The summed E-state index contributed by atoms with van der Waals surface area (Å²) in [6, 6.07) is 9.73. The van der Waals surface area contributed by atoms with Crippen LogP contribution in [0.5, 0.6) is 0 Å². The maximum absolute atomic E-state index is 12.3. The van der Waals surface area contributed by atoms with Crippen molar-refractivity contribution in [3.05, 3.63) is 35.9 Å². The Morgan fingerprint density at radius 1 is 1.28 bits per heavy atom. The van der Waals surface area contributed by atoms with E-state index in [4.69, 9.17) is 5.73 Å². The van der Waals surface area contributed by atoms with E-state index in [9.17, 15) is 4.79 Å². The van der Waals surface area contributed by atoms with Gasteiger partial charge in [-0.25, -0.2) is 0 Å². The summed E-state index contributed by atoms with van der Waals surface area (Å²) >= 11 is 0. The number of hydrogen-bond donors (Lipinski definition) is 1. The van der Waals surface area contributed by atoms with Gasteiger partial charge in [-0.2, -0.15) is 0 Å². The Bertz CT molecular complexity index is 364. The van der Waals surface area contributed by atoms with E-state index >= 15 is 0 Å². The van der Waals surface area contributed by atoms with E-state index in [-0.39, 0.29) is 11.9 Å². The molecule has 0 saturated heterocycles. The molecule has 1 aromatic rings. The first-order valence-electron chi connectivity index (χ1n) is 6.70. The highest BCUT2D eigenvalue weighted by atomic mass is 16.2. The van der Waals surface area contributed by atoms with Gasteiger partial charge in [0.1, 0.15) is 0 Å². The van der Waals surface area contributed by atoms with E-state index in [0.29, 0.717) is 6.42 Å². The molecule has 1 amide bonds. The molecule has 2 atom stereocenters. The summed E-state index contributed by atoms with van der Waals surface area (Å²) in [5.41, 5.74) is 7.14. The Balaban J connectivity index is 2.65. The number of likely N-dealkylation sites (N-methyl/N-ethyl adjacent to an activating group) is 1. The molecule has 0 aliphatic carbocycles. The Kier molecular flexibility index (Phi) is 5.86. The van der Waals surface area contributed by atoms with Gasteiger partial charge < -0.3 is 10.6 Å². The van der Waals surface area contributed by atoms with E-state index in [2.05, 4.69) is 13.8 Å². The zero-order valence-corrected chi connectivity index (χ0v) is 11.6. The molecule has 0 heterocycles. The van der Waals surface area contributed by atoms with Crippen molar-refractivity contribution < 1.29 is 4.79 Å². The first kappa shape index (κ1) is 14.7. The van der Waals surface area contributed by atoms with Crippen LogP contribution in [0.25, 0.3) is 0 Å². The fourth-order valence-corrected chi connectivity index (χ4v) is 2.07. The van der Waals surface area contributed by atoms with Gasteiger partial charge in [-0.15, -0.1) is 0 Å². The number of rotatable bonds is 6. The number of nitrogens with zero attached hydrogens (tertiary/aromatic N) is 1. The Morgan fingerprint density at radius 2 is 1.89 bits per heavy atom. The second-order valence-electron chi connectivity index (χ2n) is 4.68. The van der Waals surface area contributed by atoms with Gasteiger partial charge in [0.15, 0.2) is 0 Å². The third-order valence-electron chi connectivity index (χ3n) is 3.36. The molecular weight excluding hydrogens is 224 g/mol. The third-order valence-corrected chi connectivity index (χ3v) is 3.36. The van der Waals surface area contributed by atoms with Crippen LogP contribution < -0.4 is 5.73 Å². The Morgan fingerprint density at radius 3 is 2.39 bits per heavy atom. The van der Waals surface area contributed by atoms with Gasteiger partial charge in [0.2, 0.25) is 5.91 Å². The number of nitrogens with two attached hydrogens (primary N) is 1. The Labute approximate surface area is 110 Å². The van der Waals surface area contributed by atoms with Gasteiger partial charge in [0.05, 0.1) is 6.04 Å². The maximum Gasteiger partial charge on any atom is 0.240 e. The molecule has 2 N–H and O–H groups in total. The second-order valence-corrected chi connectivity index (χ2v) is 4.68. The Hall–Kier alpha value is -1.35. The second kappa shape index (κ2) is 7.17. The molecule has 3 nitrogen and oxygen atoms in total. The molecule has 0 aromatic heterocycles. The van der Waals surface area contributed by atoms with Crippen LogP contribution in [0.1, 0.15) is 32.8 Å². The van der Waals surface area contributed by atoms with Crippen molar-refractivity contribution in [3.63, 3.8) is 0 Å². The molecule has 0 bridgehead atoms. The van der Waals surface area contributed by atoms with Crippen LogP contribution >= 0.6 is 0 Å². The quantitative estimate of drug-likeness (QED) is 0.839. The van der Waals surface area contributed by atoms with Gasteiger partial charge in [-0.1, -0.05) is 37.3 Å². The standard InChI is InChI=1S/C15H24N2O/c1-4-12(3)17(5-2)15(18)14(16)11-13-9-7-6-8-10-13/h6-10,12,14H,4-5,11,16H2,1-3H3/t12?,14-/m1/s1. The molecule has 100 valence electrons. The summed E-state index contributed by atoms with van der Waals surface area (Å²) in [7, 11) is 0. The minimum absolute atomic E-state index is 0.0516. The lowest BCUT2D eigenvalue weighted by molar-refractivity contribution is -0.134. The number of carbonyl (C=O) groups is 1. The van der Waals surface area contributed by atoms with E-state index in [1.165, 1.54) is 0 Å². The average molecular weight is 248 g/mol. The van der Waals surface area contributed by atoms with Crippen LogP contribution in [0, 0.1) is 0 Å². The molecule has 0 spiro atoms. The summed E-state index contributed by atoms with van der Waals surface area (Å²) in [6.45, 7) is 6.87. The zero-order chi connectivity index (χ0) is 13.5. The summed E-state index contributed by atoms with van der Waals surface area (Å²) < 4.78 is 0. The fraction of sp³-hybridized carbons (Fsp3) is 0.533. The average Bonchev–Trinajstić information content (AvgIpc) is 2.40. The lowest BCUT2D eigenvalue weighted by Crippen LogP contribution is -2.48. The molecule has 0 aliphatic rings. The van der Waals surface area contributed by atoms with Crippen molar-refractivity contribution in [1.29, 1.82) is 0 Å². The monoisotopic (exact) mass is 248 g/mol. The van der Waals surface area contributed by atoms with Crippen LogP contribution in [0.15, 0.2) is 30.3 Å². The molecule has 1 aromatic carbocycles. The zero-order valence-electron chi connectivity index (χ0n) is 11.6. The van der Waals surface area contributed by atoms with Crippen LogP contribution in [0.3, 0.4) is 0 Å². The van der Waals surface area contributed by atoms with Crippen LogP contribution in [-0.4, -0.2) is 29.4 Å². The van der Waals surface area contributed by atoms with Crippen molar-refractivity contribution in [2.45, 2.75) is 45.7 Å². The summed E-state index contributed by atoms with van der Waals surface area (Å²) in [4.78, 5) is 14.1. The molecule has 18 heavy (non-hydrogen) atoms. The molecule has 0 fully saturated rings. The number of amides is 1. The van der Waals surface area contributed by atoms with E-state index in [1.54, 1.807) is 0 Å². The number of carbonyl (C=O) groups excluding carboxylic acids is 1. The highest BCUT2D eigenvalue weighted by Crippen LogP contribution is 2.08. The van der Waals surface area contributed by atoms with Crippen LogP contribution in [0.4, 0.5) is 0 Å². The van der Waals surface area contributed by atoms with Crippen LogP contribution in [-0.2, 0) is 11.2 Å². The van der Waals surface area contributed by atoms with Gasteiger partial charge in [0, 0.05) is 12.6 Å². The van der Waals surface area contributed by atoms with E-state index < -0.39 is 6.04 Å². The van der Waals surface area contributed by atoms with Gasteiger partial charge in [-0.3, -0.25) is 4.79 Å². The highest BCUT2D eigenvalue weighted by Gasteiger charge is 2.23. The smallest absolute Gasteiger partial charge is 0.240 e. The SMILES string of the molecule is CCC(C)N(CC)C(=O)[C@H](N)Cc1ccccc1. The minimum Gasteiger partial charge on any atom is -0.339 e.